The summed E-state index contributed by atoms with van der Waals surface area (Å²) in [5, 5.41) is 8.24. The molecular formula is C7H11N2NaO2. The van der Waals surface area contributed by atoms with Crippen LogP contribution in [0.4, 0.5) is 0 Å². The molecular weight excluding hydrogens is 167 g/mol. The second-order valence-electron chi connectivity index (χ2n) is 2.33. The average molecular weight is 178 g/mol. The van der Waals surface area contributed by atoms with Gasteiger partial charge in [-0.25, -0.2) is 0 Å². The summed E-state index contributed by atoms with van der Waals surface area (Å²) in [5.74, 6) is -0.0872. The van der Waals surface area contributed by atoms with Crippen molar-refractivity contribution in [2.45, 2.75) is 6.42 Å². The standard InChI is InChI=1S/C7H10N2O2.Na.H/c8-2-1-7(10)9-3-5-11-6-4-9;;/h1,3-6H2;;/q;+1;-1. The Morgan fingerprint density at radius 3 is 2.67 bits per heavy atom. The summed E-state index contributed by atoms with van der Waals surface area (Å²) in [4.78, 5) is 12.7. The molecule has 1 amide bonds. The van der Waals surface area contributed by atoms with Gasteiger partial charge < -0.3 is 11.1 Å². The van der Waals surface area contributed by atoms with Crippen molar-refractivity contribution >= 4 is 5.91 Å². The maximum absolute atomic E-state index is 11.0. The number of carbonyl (C=O) groups is 1. The zero-order chi connectivity index (χ0) is 8.10. The molecule has 0 N–H and O–H groups in total. The molecule has 0 aromatic rings. The van der Waals surface area contributed by atoms with Gasteiger partial charge in [0, 0.05) is 13.1 Å². The molecule has 0 aliphatic carbocycles. The van der Waals surface area contributed by atoms with Crippen LogP contribution < -0.4 is 29.6 Å². The van der Waals surface area contributed by atoms with E-state index < -0.39 is 0 Å². The molecule has 0 aromatic heterocycles. The van der Waals surface area contributed by atoms with Gasteiger partial charge >= 0.3 is 29.6 Å². The summed E-state index contributed by atoms with van der Waals surface area (Å²) in [7, 11) is 0. The molecule has 1 heterocycles. The normalized spacial score (nSPS) is 16.1. The van der Waals surface area contributed by atoms with Crippen LogP contribution in [-0.2, 0) is 9.53 Å². The van der Waals surface area contributed by atoms with Crippen LogP contribution in [0, 0.1) is 11.3 Å². The number of nitrogens with zero attached hydrogens (tertiary/aromatic N) is 2. The van der Waals surface area contributed by atoms with Gasteiger partial charge in [0.15, 0.2) is 0 Å². The van der Waals surface area contributed by atoms with Crippen molar-refractivity contribution < 1.29 is 40.5 Å². The second kappa shape index (κ2) is 6.44. The van der Waals surface area contributed by atoms with E-state index in [1.54, 1.807) is 4.90 Å². The van der Waals surface area contributed by atoms with Crippen LogP contribution in [0.15, 0.2) is 0 Å². The molecule has 0 unspecified atom stereocenters. The maximum atomic E-state index is 11.0. The molecule has 1 rings (SSSR count). The zero-order valence-corrected chi connectivity index (χ0v) is 9.25. The van der Waals surface area contributed by atoms with Crippen molar-refractivity contribution in [1.82, 2.24) is 4.90 Å². The first-order chi connectivity index (χ1) is 5.34. The number of morpholine rings is 1. The number of ether oxygens (including phenoxy) is 1. The molecule has 1 aliphatic heterocycles. The summed E-state index contributed by atoms with van der Waals surface area (Å²) in [5.41, 5.74) is 0. The quantitative estimate of drug-likeness (QED) is 0.399. The van der Waals surface area contributed by atoms with E-state index in [1.165, 1.54) is 0 Å². The second-order valence-corrected chi connectivity index (χ2v) is 2.33. The van der Waals surface area contributed by atoms with Crippen LogP contribution in [0.1, 0.15) is 7.85 Å². The van der Waals surface area contributed by atoms with Crippen molar-refractivity contribution in [3.8, 4) is 6.07 Å². The van der Waals surface area contributed by atoms with Crippen molar-refractivity contribution in [3.63, 3.8) is 0 Å². The van der Waals surface area contributed by atoms with Gasteiger partial charge in [0.2, 0.25) is 5.91 Å². The molecule has 0 radical (unpaired) electrons. The molecule has 5 heteroatoms. The molecule has 0 aromatic carbocycles. The van der Waals surface area contributed by atoms with E-state index in [0.29, 0.717) is 26.3 Å². The van der Waals surface area contributed by atoms with E-state index in [1.807, 2.05) is 6.07 Å². The van der Waals surface area contributed by atoms with Gasteiger partial charge in [-0.05, 0) is 0 Å². The van der Waals surface area contributed by atoms with Gasteiger partial charge in [-0.15, -0.1) is 0 Å². The molecule has 12 heavy (non-hydrogen) atoms. The molecule has 0 spiro atoms. The first-order valence-electron chi connectivity index (χ1n) is 3.57. The number of hydrogen-bond donors (Lipinski definition) is 0. The Labute approximate surface area is 95.2 Å². The third-order valence-electron chi connectivity index (χ3n) is 1.59. The zero-order valence-electron chi connectivity index (χ0n) is 8.25. The fourth-order valence-electron chi connectivity index (χ4n) is 0.992. The van der Waals surface area contributed by atoms with Crippen LogP contribution in [0.5, 0.6) is 0 Å². The summed E-state index contributed by atoms with van der Waals surface area (Å²) >= 11 is 0. The van der Waals surface area contributed by atoms with Gasteiger partial charge in [0.25, 0.3) is 0 Å². The van der Waals surface area contributed by atoms with Crippen molar-refractivity contribution in [3.05, 3.63) is 0 Å². The van der Waals surface area contributed by atoms with E-state index in [-0.39, 0.29) is 43.3 Å². The number of nitriles is 1. The Morgan fingerprint density at radius 2 is 2.17 bits per heavy atom. The van der Waals surface area contributed by atoms with Gasteiger partial charge in [0.05, 0.1) is 19.3 Å². The monoisotopic (exact) mass is 178 g/mol. The van der Waals surface area contributed by atoms with Crippen LogP contribution in [0.2, 0.25) is 0 Å². The minimum absolute atomic E-state index is 0. The Morgan fingerprint density at radius 1 is 1.58 bits per heavy atom. The summed E-state index contributed by atoms with van der Waals surface area (Å²) in [6.45, 7) is 2.44. The number of rotatable bonds is 1. The predicted molar refractivity (Wildman–Crippen MR) is 38.7 cm³/mol. The topological polar surface area (TPSA) is 53.3 Å². The third-order valence-corrected chi connectivity index (χ3v) is 1.59. The third kappa shape index (κ3) is 3.55. The van der Waals surface area contributed by atoms with E-state index in [9.17, 15) is 4.79 Å². The van der Waals surface area contributed by atoms with Gasteiger partial charge in [-0.3, -0.25) is 4.79 Å². The van der Waals surface area contributed by atoms with Gasteiger partial charge in [-0.1, -0.05) is 0 Å². The van der Waals surface area contributed by atoms with Crippen molar-refractivity contribution in [2.24, 2.45) is 0 Å². The molecule has 1 saturated heterocycles. The summed E-state index contributed by atoms with van der Waals surface area (Å²) in [6.07, 6.45) is -0.0139. The van der Waals surface area contributed by atoms with E-state index >= 15 is 0 Å². The number of amides is 1. The average Bonchev–Trinajstić information content (AvgIpc) is 2.07. The molecule has 4 nitrogen and oxygen atoms in total. The minimum Gasteiger partial charge on any atom is -1.00 e. The fourth-order valence-corrected chi connectivity index (χ4v) is 0.992. The molecule has 0 bridgehead atoms. The van der Waals surface area contributed by atoms with Crippen LogP contribution >= 0.6 is 0 Å². The van der Waals surface area contributed by atoms with E-state index in [4.69, 9.17) is 10.00 Å². The predicted octanol–water partition coefficient (Wildman–Crippen LogP) is -3.12. The van der Waals surface area contributed by atoms with Crippen LogP contribution in [-0.4, -0.2) is 37.1 Å². The van der Waals surface area contributed by atoms with Crippen LogP contribution in [0.3, 0.4) is 0 Å². The van der Waals surface area contributed by atoms with Crippen LogP contribution in [0.25, 0.3) is 0 Å². The first kappa shape index (κ1) is 11.9. The molecule has 1 aliphatic rings. The SMILES string of the molecule is N#CCC(=O)N1CCOCC1.[H-].[Na+]. The Balaban J connectivity index is 0. The van der Waals surface area contributed by atoms with Crippen molar-refractivity contribution in [2.75, 3.05) is 26.3 Å². The smallest absolute Gasteiger partial charge is 1.00 e. The van der Waals surface area contributed by atoms with Gasteiger partial charge in [-0.2, -0.15) is 5.26 Å². The Bertz CT molecular complexity index is 189. The number of hydrogen-bond acceptors (Lipinski definition) is 3. The Hall–Kier alpha value is -0.0800. The summed E-state index contributed by atoms with van der Waals surface area (Å²) < 4.78 is 5.05. The summed E-state index contributed by atoms with van der Waals surface area (Å²) in [6, 6.07) is 1.83. The van der Waals surface area contributed by atoms with Gasteiger partial charge in [0.1, 0.15) is 6.42 Å². The molecule has 1 fully saturated rings. The molecule has 0 atom stereocenters. The molecule has 62 valence electrons. The van der Waals surface area contributed by atoms with E-state index in [0.717, 1.165) is 0 Å². The number of carbonyl (C=O) groups excluding carboxylic acids is 1. The van der Waals surface area contributed by atoms with Crippen molar-refractivity contribution in [1.29, 1.82) is 5.26 Å². The maximum Gasteiger partial charge on any atom is 1.00 e. The first-order valence-corrected chi connectivity index (χ1v) is 3.57. The Kier molecular flexibility index (Phi) is 6.39. The molecule has 0 saturated carbocycles. The minimum atomic E-state index is -0.0872. The fraction of sp³-hybridized carbons (Fsp3) is 0.714. The largest absolute Gasteiger partial charge is 1.00 e. The van der Waals surface area contributed by atoms with E-state index in [2.05, 4.69) is 0 Å².